The van der Waals surface area contributed by atoms with Crippen molar-refractivity contribution in [3.05, 3.63) is 87.5 Å². The van der Waals surface area contributed by atoms with Crippen LogP contribution in [0.4, 0.5) is 5.69 Å². The van der Waals surface area contributed by atoms with Crippen molar-refractivity contribution >= 4 is 44.2 Å². The van der Waals surface area contributed by atoms with Gasteiger partial charge in [-0.25, -0.2) is 8.42 Å². The second-order valence-electron chi connectivity index (χ2n) is 11.4. The number of carbonyl (C=O) groups excluding carboxylic acids is 1. The van der Waals surface area contributed by atoms with Gasteiger partial charge in [-0.2, -0.15) is 4.31 Å². The van der Waals surface area contributed by atoms with Gasteiger partial charge < -0.3 is 14.5 Å². The molecule has 0 radical (unpaired) electrons. The van der Waals surface area contributed by atoms with E-state index < -0.39 is 28.0 Å². The second kappa shape index (κ2) is 11.9. The third kappa shape index (κ3) is 6.38. The number of nitrogens with zero attached hydrogens (tertiary/aromatic N) is 1. The quantitative estimate of drug-likeness (QED) is 0.253. The molecule has 1 fully saturated rings. The van der Waals surface area contributed by atoms with Crippen LogP contribution in [0.1, 0.15) is 45.6 Å². The summed E-state index contributed by atoms with van der Waals surface area (Å²) < 4.78 is 39.2. The van der Waals surface area contributed by atoms with E-state index in [1.807, 2.05) is 24.3 Å². The van der Waals surface area contributed by atoms with Crippen LogP contribution < -0.4 is 15.5 Å². The lowest BCUT2D eigenvalue weighted by Gasteiger charge is -2.25. The molecule has 220 valence electrons. The lowest BCUT2D eigenvalue weighted by Crippen LogP contribution is -2.35. The number of sulfonamides is 1. The Balaban J connectivity index is 1.36. The van der Waals surface area contributed by atoms with Crippen LogP contribution in [0.25, 0.3) is 22.3 Å². The minimum atomic E-state index is -3.58. The molecule has 0 saturated carbocycles. The van der Waals surface area contributed by atoms with Crippen molar-refractivity contribution in [2.24, 2.45) is 0 Å². The Kier molecular flexibility index (Phi) is 8.46. The second-order valence-corrected chi connectivity index (χ2v) is 13.8. The van der Waals surface area contributed by atoms with Crippen molar-refractivity contribution in [2.75, 3.05) is 25.0 Å². The molecular formula is C32H33ClN2O6S. The first kappa shape index (κ1) is 29.8. The number of hydrogen-bond donors (Lipinski definition) is 1. The van der Waals surface area contributed by atoms with E-state index in [1.165, 1.54) is 34.6 Å². The summed E-state index contributed by atoms with van der Waals surface area (Å²) >= 11 is 6.14. The zero-order valence-electron chi connectivity index (χ0n) is 23.8. The summed E-state index contributed by atoms with van der Waals surface area (Å²) in [6.07, 6.45) is 2.72. The molecule has 2 heterocycles. The van der Waals surface area contributed by atoms with Crippen molar-refractivity contribution in [1.82, 2.24) is 4.31 Å². The molecule has 10 heteroatoms. The molecule has 0 aliphatic carbocycles. The van der Waals surface area contributed by atoms with E-state index >= 15 is 0 Å². The van der Waals surface area contributed by atoms with Gasteiger partial charge in [0.15, 0.2) is 12.4 Å². The minimum Gasteiger partial charge on any atom is -0.476 e. The standard InChI is InChI=1S/C32H33ClN2O6S/c1-32(2,3)22-9-7-21(8-10-22)30-31(29(37)26-19-23(33)11-16-27(26)41-30)40-20-28(36)34-24-12-14-25(15-13-24)42(38,39)35-17-5-4-6-18-35/h7-16,19H,4-6,17-18,20H2,1-3H3,(H,34,36). The number of halogens is 1. The molecule has 1 aromatic heterocycles. The normalized spacial score (nSPS) is 14.6. The van der Waals surface area contributed by atoms with Crippen LogP contribution in [-0.2, 0) is 20.2 Å². The van der Waals surface area contributed by atoms with E-state index in [2.05, 4.69) is 26.1 Å². The van der Waals surface area contributed by atoms with Crippen molar-refractivity contribution in [3.63, 3.8) is 0 Å². The Morgan fingerprint density at radius 1 is 0.976 bits per heavy atom. The van der Waals surface area contributed by atoms with E-state index in [-0.39, 0.29) is 27.2 Å². The molecule has 1 amide bonds. The first-order valence-electron chi connectivity index (χ1n) is 13.8. The molecule has 3 aromatic carbocycles. The highest BCUT2D eigenvalue weighted by molar-refractivity contribution is 7.89. The van der Waals surface area contributed by atoms with E-state index in [9.17, 15) is 18.0 Å². The first-order chi connectivity index (χ1) is 19.9. The molecule has 0 bridgehead atoms. The number of rotatable bonds is 7. The molecule has 1 aliphatic heterocycles. The van der Waals surface area contributed by atoms with Crippen molar-refractivity contribution in [1.29, 1.82) is 0 Å². The molecule has 5 rings (SSSR count). The fourth-order valence-corrected chi connectivity index (χ4v) is 6.58. The average molecular weight is 609 g/mol. The molecule has 0 spiro atoms. The van der Waals surface area contributed by atoms with Crippen LogP contribution in [0, 0.1) is 0 Å². The lowest BCUT2D eigenvalue weighted by atomic mass is 9.86. The van der Waals surface area contributed by atoms with Gasteiger partial charge in [0.25, 0.3) is 5.91 Å². The molecule has 1 N–H and O–H groups in total. The van der Waals surface area contributed by atoms with Crippen LogP contribution in [0.15, 0.2) is 80.8 Å². The highest BCUT2D eigenvalue weighted by atomic mass is 35.5. The molecule has 8 nitrogen and oxygen atoms in total. The number of nitrogens with one attached hydrogen (secondary N) is 1. The zero-order valence-corrected chi connectivity index (χ0v) is 25.3. The smallest absolute Gasteiger partial charge is 0.262 e. The van der Waals surface area contributed by atoms with E-state index in [4.69, 9.17) is 20.8 Å². The van der Waals surface area contributed by atoms with E-state index in [1.54, 1.807) is 12.1 Å². The SMILES string of the molecule is CC(C)(C)c1ccc(-c2oc3ccc(Cl)cc3c(=O)c2OCC(=O)Nc2ccc(S(=O)(=O)N3CCCCC3)cc2)cc1. The van der Waals surface area contributed by atoms with Gasteiger partial charge in [0.2, 0.25) is 21.2 Å². The summed E-state index contributed by atoms with van der Waals surface area (Å²) in [7, 11) is -3.58. The Morgan fingerprint density at radius 3 is 2.29 bits per heavy atom. The predicted molar refractivity (Wildman–Crippen MR) is 165 cm³/mol. The van der Waals surface area contributed by atoms with Crippen LogP contribution in [0.3, 0.4) is 0 Å². The average Bonchev–Trinajstić information content (AvgIpc) is 2.97. The minimum absolute atomic E-state index is 0.0626. The third-order valence-corrected chi connectivity index (χ3v) is 9.41. The number of hydrogen-bond acceptors (Lipinski definition) is 6. The van der Waals surface area contributed by atoms with Gasteiger partial charge >= 0.3 is 0 Å². The number of anilines is 1. The van der Waals surface area contributed by atoms with E-state index in [0.29, 0.717) is 34.9 Å². The topological polar surface area (TPSA) is 106 Å². The van der Waals surface area contributed by atoms with Crippen molar-refractivity contribution < 1.29 is 22.4 Å². The van der Waals surface area contributed by atoms with Crippen LogP contribution in [0.2, 0.25) is 5.02 Å². The molecule has 1 aliphatic rings. The van der Waals surface area contributed by atoms with Gasteiger partial charge in [-0.1, -0.05) is 63.1 Å². The largest absolute Gasteiger partial charge is 0.476 e. The molecule has 42 heavy (non-hydrogen) atoms. The number of benzene rings is 3. The third-order valence-electron chi connectivity index (χ3n) is 7.26. The van der Waals surface area contributed by atoms with Crippen molar-refractivity contribution in [2.45, 2.75) is 50.3 Å². The fourth-order valence-electron chi connectivity index (χ4n) is 4.89. The Bertz CT molecular complexity index is 1770. The van der Waals surface area contributed by atoms with E-state index in [0.717, 1.165) is 24.8 Å². The van der Waals surface area contributed by atoms with Gasteiger partial charge in [0, 0.05) is 29.4 Å². The van der Waals surface area contributed by atoms with Crippen LogP contribution in [-0.4, -0.2) is 38.3 Å². The molecule has 4 aromatic rings. The lowest BCUT2D eigenvalue weighted by molar-refractivity contribution is -0.118. The molecule has 0 unspecified atom stereocenters. The van der Waals surface area contributed by atoms with Gasteiger partial charge in [-0.15, -0.1) is 0 Å². The Hall–Kier alpha value is -3.66. The van der Waals surface area contributed by atoms with Gasteiger partial charge in [0.05, 0.1) is 10.3 Å². The maximum atomic E-state index is 13.5. The maximum absolute atomic E-state index is 13.5. The van der Waals surface area contributed by atoms with Gasteiger partial charge in [-0.3, -0.25) is 9.59 Å². The van der Waals surface area contributed by atoms with Crippen LogP contribution in [0.5, 0.6) is 5.75 Å². The number of amides is 1. The monoisotopic (exact) mass is 608 g/mol. The Morgan fingerprint density at radius 2 is 1.64 bits per heavy atom. The molecular weight excluding hydrogens is 576 g/mol. The summed E-state index contributed by atoms with van der Waals surface area (Å²) in [6.45, 7) is 6.87. The number of piperidine rings is 1. The number of fused-ring (bicyclic) bond motifs is 1. The highest BCUT2D eigenvalue weighted by Gasteiger charge is 2.26. The predicted octanol–water partition coefficient (Wildman–Crippen LogP) is 6.60. The van der Waals surface area contributed by atoms with Crippen molar-refractivity contribution in [3.8, 4) is 17.1 Å². The Labute approximate surface area is 250 Å². The highest BCUT2D eigenvalue weighted by Crippen LogP contribution is 2.33. The maximum Gasteiger partial charge on any atom is 0.262 e. The molecule has 0 atom stereocenters. The summed E-state index contributed by atoms with van der Waals surface area (Å²) in [4.78, 5) is 26.5. The number of carbonyl (C=O) groups is 1. The van der Waals surface area contributed by atoms with Gasteiger partial charge in [0.1, 0.15) is 5.58 Å². The summed E-state index contributed by atoms with van der Waals surface area (Å²) in [6, 6.07) is 18.4. The number of ether oxygens (including phenoxy) is 1. The zero-order chi connectivity index (χ0) is 30.1. The van der Waals surface area contributed by atoms with Crippen LogP contribution >= 0.6 is 11.6 Å². The fraction of sp³-hybridized carbons (Fsp3) is 0.312. The molecule has 1 saturated heterocycles. The summed E-state index contributed by atoms with van der Waals surface area (Å²) in [5, 5.41) is 3.30. The summed E-state index contributed by atoms with van der Waals surface area (Å²) in [5.74, 6) is -0.428. The first-order valence-corrected chi connectivity index (χ1v) is 15.7. The summed E-state index contributed by atoms with van der Waals surface area (Å²) in [5.41, 5.74) is 1.96. The van der Waals surface area contributed by atoms with Gasteiger partial charge in [-0.05, 0) is 66.3 Å².